The van der Waals surface area contributed by atoms with Gasteiger partial charge in [-0.05, 0) is 60.2 Å². The maximum atomic E-state index is 13.1. The number of hydrogen-bond donors (Lipinski definition) is 1. The molecule has 4 rings (SSSR count). The van der Waals surface area contributed by atoms with E-state index in [2.05, 4.69) is 84.7 Å². The number of benzene rings is 3. The molecule has 3 aromatic carbocycles. The Morgan fingerprint density at radius 2 is 1.79 bits per heavy atom. The molecule has 0 saturated carbocycles. The number of anilines is 1. The lowest BCUT2D eigenvalue weighted by Crippen LogP contribution is -2.40. The Balaban J connectivity index is 1.46. The summed E-state index contributed by atoms with van der Waals surface area (Å²) in [6.45, 7) is 6.98. The Labute approximate surface area is 173 Å². The van der Waals surface area contributed by atoms with Crippen molar-refractivity contribution in [1.82, 2.24) is 4.90 Å². The molecular formula is C26H30N2O. The Bertz CT molecular complexity index is 1010. The number of carbonyl (C=O) groups is 1. The Morgan fingerprint density at radius 1 is 1.03 bits per heavy atom. The van der Waals surface area contributed by atoms with Crippen molar-refractivity contribution in [2.45, 2.75) is 39.7 Å². The number of piperidine rings is 1. The van der Waals surface area contributed by atoms with Crippen molar-refractivity contribution in [3.63, 3.8) is 0 Å². The first kappa shape index (κ1) is 19.7. The van der Waals surface area contributed by atoms with E-state index in [-0.39, 0.29) is 11.8 Å². The maximum Gasteiger partial charge on any atom is 0.228 e. The number of nitrogens with one attached hydrogen (secondary N) is 1. The number of para-hydroxylation sites is 1. The van der Waals surface area contributed by atoms with E-state index >= 15 is 0 Å². The second-order valence-corrected chi connectivity index (χ2v) is 8.16. The number of hydrogen-bond acceptors (Lipinski definition) is 2. The Kier molecular flexibility index (Phi) is 5.96. The molecular weight excluding hydrogens is 356 g/mol. The normalized spacial score (nSPS) is 17.4. The summed E-state index contributed by atoms with van der Waals surface area (Å²) in [5.74, 6) is 0.208. The van der Waals surface area contributed by atoms with Crippen LogP contribution in [0.4, 0.5) is 5.69 Å². The lowest BCUT2D eigenvalue weighted by atomic mass is 9.95. The van der Waals surface area contributed by atoms with Crippen molar-refractivity contribution in [3.8, 4) is 0 Å². The lowest BCUT2D eigenvalue weighted by molar-refractivity contribution is -0.121. The zero-order chi connectivity index (χ0) is 20.2. The molecule has 1 amide bonds. The summed E-state index contributed by atoms with van der Waals surface area (Å²) in [6.07, 6.45) is 2.96. The predicted octanol–water partition coefficient (Wildman–Crippen LogP) is 5.56. The van der Waals surface area contributed by atoms with Gasteiger partial charge < -0.3 is 5.32 Å². The molecule has 1 aliphatic rings. The number of carbonyl (C=O) groups excluding carboxylic acids is 1. The van der Waals surface area contributed by atoms with Gasteiger partial charge in [-0.15, -0.1) is 0 Å². The molecule has 0 spiro atoms. The zero-order valence-electron chi connectivity index (χ0n) is 17.4. The monoisotopic (exact) mass is 386 g/mol. The summed E-state index contributed by atoms with van der Waals surface area (Å²) < 4.78 is 0. The molecule has 3 aromatic rings. The Morgan fingerprint density at radius 3 is 2.66 bits per heavy atom. The van der Waals surface area contributed by atoms with Crippen molar-refractivity contribution in [1.29, 1.82) is 0 Å². The zero-order valence-corrected chi connectivity index (χ0v) is 17.4. The molecule has 3 heteroatoms. The fourth-order valence-corrected chi connectivity index (χ4v) is 4.51. The van der Waals surface area contributed by atoms with Gasteiger partial charge in [-0.25, -0.2) is 0 Å². The van der Waals surface area contributed by atoms with Crippen LogP contribution in [0.25, 0.3) is 10.8 Å². The SMILES string of the molecule is CCc1cccc(C)c1NC(=O)C1CCCN(Cc2cccc3ccccc23)C1. The van der Waals surface area contributed by atoms with Gasteiger partial charge in [-0.1, -0.05) is 67.6 Å². The first-order chi connectivity index (χ1) is 14.2. The van der Waals surface area contributed by atoms with Crippen LogP contribution in [0.5, 0.6) is 0 Å². The van der Waals surface area contributed by atoms with Crippen LogP contribution in [-0.2, 0) is 17.8 Å². The number of rotatable bonds is 5. The smallest absolute Gasteiger partial charge is 0.228 e. The summed E-state index contributed by atoms with van der Waals surface area (Å²) in [5.41, 5.74) is 4.70. The van der Waals surface area contributed by atoms with Crippen LogP contribution < -0.4 is 5.32 Å². The van der Waals surface area contributed by atoms with Gasteiger partial charge in [0.15, 0.2) is 0 Å². The van der Waals surface area contributed by atoms with Gasteiger partial charge in [-0.2, -0.15) is 0 Å². The van der Waals surface area contributed by atoms with Crippen molar-refractivity contribution in [3.05, 3.63) is 77.4 Å². The molecule has 0 bridgehead atoms. The molecule has 1 fully saturated rings. The van der Waals surface area contributed by atoms with Crippen LogP contribution in [0.1, 0.15) is 36.5 Å². The van der Waals surface area contributed by atoms with Gasteiger partial charge in [0.2, 0.25) is 5.91 Å². The predicted molar refractivity (Wildman–Crippen MR) is 121 cm³/mol. The van der Waals surface area contributed by atoms with E-state index in [4.69, 9.17) is 0 Å². The number of fused-ring (bicyclic) bond motifs is 1. The highest BCUT2D eigenvalue weighted by atomic mass is 16.1. The molecule has 1 heterocycles. The average molecular weight is 387 g/mol. The molecule has 1 unspecified atom stereocenters. The molecule has 1 atom stereocenters. The van der Waals surface area contributed by atoms with Gasteiger partial charge in [0, 0.05) is 18.8 Å². The van der Waals surface area contributed by atoms with Crippen LogP contribution >= 0.6 is 0 Å². The van der Waals surface area contributed by atoms with Gasteiger partial charge in [0.25, 0.3) is 0 Å². The fourth-order valence-electron chi connectivity index (χ4n) is 4.51. The maximum absolute atomic E-state index is 13.1. The molecule has 0 radical (unpaired) electrons. The number of likely N-dealkylation sites (tertiary alicyclic amines) is 1. The first-order valence-electron chi connectivity index (χ1n) is 10.7. The molecule has 1 saturated heterocycles. The molecule has 3 nitrogen and oxygen atoms in total. The van der Waals surface area contributed by atoms with Crippen molar-refractivity contribution < 1.29 is 4.79 Å². The largest absolute Gasteiger partial charge is 0.325 e. The highest BCUT2D eigenvalue weighted by molar-refractivity contribution is 5.94. The Hall–Kier alpha value is -2.65. The summed E-state index contributed by atoms with van der Waals surface area (Å²) in [4.78, 5) is 15.5. The minimum absolute atomic E-state index is 0.0445. The minimum atomic E-state index is 0.0445. The van der Waals surface area contributed by atoms with Crippen molar-refractivity contribution >= 4 is 22.4 Å². The minimum Gasteiger partial charge on any atom is -0.325 e. The van der Waals surface area contributed by atoms with Gasteiger partial charge >= 0.3 is 0 Å². The summed E-state index contributed by atoms with van der Waals surface area (Å²) >= 11 is 0. The van der Waals surface area contributed by atoms with E-state index in [1.54, 1.807) is 0 Å². The highest BCUT2D eigenvalue weighted by Gasteiger charge is 2.26. The van der Waals surface area contributed by atoms with Gasteiger partial charge in [0.1, 0.15) is 0 Å². The molecule has 0 aliphatic carbocycles. The van der Waals surface area contributed by atoms with E-state index in [1.165, 1.54) is 21.9 Å². The third-order valence-electron chi connectivity index (χ3n) is 6.14. The second kappa shape index (κ2) is 8.79. The van der Waals surface area contributed by atoms with E-state index in [1.807, 2.05) is 0 Å². The quantitative estimate of drug-likeness (QED) is 0.622. The van der Waals surface area contributed by atoms with E-state index < -0.39 is 0 Å². The van der Waals surface area contributed by atoms with E-state index in [0.29, 0.717) is 0 Å². The third-order valence-corrected chi connectivity index (χ3v) is 6.14. The lowest BCUT2D eigenvalue weighted by Gasteiger charge is -2.32. The van der Waals surface area contributed by atoms with E-state index in [0.717, 1.165) is 50.1 Å². The topological polar surface area (TPSA) is 32.3 Å². The summed E-state index contributed by atoms with van der Waals surface area (Å²) in [7, 11) is 0. The van der Waals surface area contributed by atoms with Gasteiger partial charge in [-0.3, -0.25) is 9.69 Å². The average Bonchev–Trinajstić information content (AvgIpc) is 2.75. The number of aryl methyl sites for hydroxylation is 2. The van der Waals surface area contributed by atoms with E-state index in [9.17, 15) is 4.79 Å². The number of nitrogens with zero attached hydrogens (tertiary/aromatic N) is 1. The second-order valence-electron chi connectivity index (χ2n) is 8.16. The van der Waals surface area contributed by atoms with Crippen molar-refractivity contribution in [2.24, 2.45) is 5.92 Å². The summed E-state index contributed by atoms with van der Waals surface area (Å²) in [5, 5.41) is 5.84. The summed E-state index contributed by atoms with van der Waals surface area (Å²) in [6, 6.07) is 21.3. The standard InChI is InChI=1S/C26H30N2O/c1-3-20-11-6-9-19(2)25(20)27-26(29)23-14-8-16-28(18-23)17-22-13-7-12-21-10-4-5-15-24(21)22/h4-7,9-13,15,23H,3,8,14,16-18H2,1-2H3,(H,27,29). The molecule has 150 valence electrons. The van der Waals surface area contributed by atoms with Crippen LogP contribution in [0.15, 0.2) is 60.7 Å². The molecule has 0 aromatic heterocycles. The first-order valence-corrected chi connectivity index (χ1v) is 10.7. The van der Waals surface area contributed by atoms with Crippen LogP contribution in [0.3, 0.4) is 0 Å². The molecule has 1 aliphatic heterocycles. The highest BCUT2D eigenvalue weighted by Crippen LogP contribution is 2.26. The molecule has 29 heavy (non-hydrogen) atoms. The third kappa shape index (κ3) is 4.35. The van der Waals surface area contributed by atoms with Crippen LogP contribution in [0.2, 0.25) is 0 Å². The van der Waals surface area contributed by atoms with Gasteiger partial charge in [0.05, 0.1) is 5.92 Å². The van der Waals surface area contributed by atoms with Crippen LogP contribution in [0, 0.1) is 12.8 Å². The van der Waals surface area contributed by atoms with Crippen molar-refractivity contribution in [2.75, 3.05) is 18.4 Å². The number of amides is 1. The van der Waals surface area contributed by atoms with Crippen LogP contribution in [-0.4, -0.2) is 23.9 Å². The fraction of sp³-hybridized carbons (Fsp3) is 0.346. The molecule has 1 N–H and O–H groups in total.